The van der Waals surface area contributed by atoms with Crippen molar-refractivity contribution in [1.82, 2.24) is 10.6 Å². The molecule has 2 aromatic carbocycles. The molecule has 27 heavy (non-hydrogen) atoms. The summed E-state index contributed by atoms with van der Waals surface area (Å²) in [5.41, 5.74) is 1.47. The molecule has 2 rings (SSSR count). The maximum Gasteiger partial charge on any atom is 0.412 e. The smallest absolute Gasteiger partial charge is 0.410 e. The van der Waals surface area contributed by atoms with Gasteiger partial charge in [-0.2, -0.15) is 0 Å². The molecule has 0 aliphatic rings. The first kappa shape index (κ1) is 21.3. The van der Waals surface area contributed by atoms with E-state index in [0.717, 1.165) is 25.3 Å². The first-order chi connectivity index (χ1) is 13.0. The summed E-state index contributed by atoms with van der Waals surface area (Å²) in [4.78, 5) is 13.1. The van der Waals surface area contributed by atoms with Gasteiger partial charge in [0.2, 0.25) is 0 Å². The Morgan fingerprint density at radius 1 is 1.04 bits per heavy atom. The van der Waals surface area contributed by atoms with Crippen molar-refractivity contribution in [1.29, 1.82) is 0 Å². The second-order valence-corrected chi connectivity index (χ2v) is 8.31. The summed E-state index contributed by atoms with van der Waals surface area (Å²) in [5, 5.41) is 6.13. The molecule has 0 fully saturated rings. The molecule has 0 saturated carbocycles. The number of hydrogen-bond donors (Lipinski definition) is 2. The summed E-state index contributed by atoms with van der Waals surface area (Å²) in [6.07, 6.45) is 0.702. The number of benzene rings is 2. The Labute approximate surface area is 167 Å². The molecule has 0 bridgehead atoms. The summed E-state index contributed by atoms with van der Waals surface area (Å²) in [6.45, 7) is 8.84. The van der Waals surface area contributed by atoms with E-state index in [9.17, 15) is 4.79 Å². The van der Waals surface area contributed by atoms with Crippen molar-refractivity contribution in [2.24, 2.45) is 5.41 Å². The van der Waals surface area contributed by atoms with Crippen LogP contribution in [0.3, 0.4) is 0 Å². The van der Waals surface area contributed by atoms with Gasteiger partial charge >= 0.3 is 6.09 Å². The van der Waals surface area contributed by atoms with Gasteiger partial charge in [0, 0.05) is 30.3 Å². The van der Waals surface area contributed by atoms with Gasteiger partial charge in [-0.3, -0.25) is 0 Å². The van der Waals surface area contributed by atoms with Gasteiger partial charge in [0.25, 0.3) is 0 Å². The summed E-state index contributed by atoms with van der Waals surface area (Å²) in [6, 6.07) is 18.0. The third-order valence-electron chi connectivity index (χ3n) is 4.41. The lowest BCUT2D eigenvalue weighted by Crippen LogP contribution is -2.37. The molecule has 0 atom stereocenters. The van der Waals surface area contributed by atoms with E-state index >= 15 is 0 Å². The molecule has 0 spiro atoms. The maximum absolute atomic E-state index is 11.9. The number of carbonyl (C=O) groups excluding carboxylic acids is 1. The average molecular weight is 387 g/mol. The molecule has 0 unspecified atom stereocenters. The molecule has 2 N–H and O–H groups in total. The summed E-state index contributed by atoms with van der Waals surface area (Å²) >= 11 is 1.79. The monoisotopic (exact) mass is 386 g/mol. The van der Waals surface area contributed by atoms with Crippen LogP contribution in [-0.2, 0) is 5.75 Å². The average Bonchev–Trinajstić information content (AvgIpc) is 2.68. The minimum absolute atomic E-state index is 0.279. The fourth-order valence-electron chi connectivity index (χ4n) is 2.28. The summed E-state index contributed by atoms with van der Waals surface area (Å²) in [7, 11) is 0. The van der Waals surface area contributed by atoms with E-state index < -0.39 is 6.09 Å². The predicted octanol–water partition coefficient (Wildman–Crippen LogP) is 5.09. The number of ether oxygens (including phenoxy) is 1. The molecule has 1 amide bonds. The number of rotatable bonds is 10. The fraction of sp³-hybridized carbons (Fsp3) is 0.409. The summed E-state index contributed by atoms with van der Waals surface area (Å²) in [5.74, 6) is 1.44. The van der Waals surface area contributed by atoms with Gasteiger partial charge in [-0.15, -0.1) is 11.8 Å². The third-order valence-corrected chi connectivity index (χ3v) is 5.50. The van der Waals surface area contributed by atoms with Crippen LogP contribution in [0.15, 0.2) is 59.5 Å². The van der Waals surface area contributed by atoms with Gasteiger partial charge in [-0.25, -0.2) is 4.79 Å². The fourth-order valence-corrected chi connectivity index (χ4v) is 3.16. The first-order valence-corrected chi connectivity index (χ1v) is 10.4. The number of amides is 1. The minimum Gasteiger partial charge on any atom is -0.410 e. The Morgan fingerprint density at radius 3 is 2.41 bits per heavy atom. The lowest BCUT2D eigenvalue weighted by atomic mass is 9.90. The van der Waals surface area contributed by atoms with E-state index in [1.54, 1.807) is 11.8 Å². The highest BCUT2D eigenvalue weighted by atomic mass is 32.2. The van der Waals surface area contributed by atoms with Crippen LogP contribution in [0.1, 0.15) is 32.8 Å². The Bertz CT molecular complexity index is 687. The molecule has 0 heterocycles. The van der Waals surface area contributed by atoms with Crippen molar-refractivity contribution in [2.75, 3.05) is 19.6 Å². The topological polar surface area (TPSA) is 50.4 Å². The highest BCUT2D eigenvalue weighted by Crippen LogP contribution is 2.23. The van der Waals surface area contributed by atoms with Crippen LogP contribution in [0.5, 0.6) is 5.75 Å². The SMILES string of the molecule is CCC(C)(C)CNCCNC(=O)Oc1ccc(CSc2ccccc2)cc1. The predicted molar refractivity (Wildman–Crippen MR) is 113 cm³/mol. The lowest BCUT2D eigenvalue weighted by molar-refractivity contribution is 0.200. The number of hydrogen-bond acceptors (Lipinski definition) is 4. The molecule has 0 saturated heterocycles. The van der Waals surface area contributed by atoms with E-state index in [2.05, 4.69) is 43.5 Å². The zero-order valence-electron chi connectivity index (χ0n) is 16.5. The van der Waals surface area contributed by atoms with Gasteiger partial charge in [-0.1, -0.05) is 51.1 Å². The van der Waals surface area contributed by atoms with Gasteiger partial charge in [0.15, 0.2) is 0 Å². The highest BCUT2D eigenvalue weighted by Gasteiger charge is 2.13. The highest BCUT2D eigenvalue weighted by molar-refractivity contribution is 7.98. The summed E-state index contributed by atoms with van der Waals surface area (Å²) < 4.78 is 5.32. The van der Waals surface area contributed by atoms with Gasteiger partial charge in [-0.05, 0) is 41.7 Å². The van der Waals surface area contributed by atoms with E-state index in [1.165, 1.54) is 10.5 Å². The van der Waals surface area contributed by atoms with Crippen LogP contribution in [0.4, 0.5) is 4.79 Å². The zero-order chi connectivity index (χ0) is 19.5. The molecular weight excluding hydrogens is 356 g/mol. The van der Waals surface area contributed by atoms with E-state index in [-0.39, 0.29) is 5.41 Å². The van der Waals surface area contributed by atoms with Crippen molar-refractivity contribution < 1.29 is 9.53 Å². The quantitative estimate of drug-likeness (QED) is 0.441. The standard InChI is InChI=1S/C22H30N2O2S/c1-4-22(2,3)17-23-14-15-24-21(25)26-19-12-10-18(11-13-19)16-27-20-8-6-5-7-9-20/h5-13,23H,4,14-17H2,1-3H3,(H,24,25). The molecule has 0 aliphatic heterocycles. The van der Waals surface area contributed by atoms with E-state index in [4.69, 9.17) is 4.74 Å². The molecule has 0 radical (unpaired) electrons. The van der Waals surface area contributed by atoms with E-state index in [1.807, 2.05) is 42.5 Å². The number of carbonyl (C=O) groups is 1. The van der Waals surface area contributed by atoms with Gasteiger partial charge < -0.3 is 15.4 Å². The van der Waals surface area contributed by atoms with Crippen LogP contribution >= 0.6 is 11.8 Å². The minimum atomic E-state index is -0.419. The molecule has 146 valence electrons. The van der Waals surface area contributed by atoms with Crippen LogP contribution in [0, 0.1) is 5.41 Å². The third kappa shape index (κ3) is 8.50. The molecular formula is C22H30N2O2S. The van der Waals surface area contributed by atoms with Crippen molar-refractivity contribution in [3.8, 4) is 5.75 Å². The van der Waals surface area contributed by atoms with Crippen molar-refractivity contribution >= 4 is 17.9 Å². The largest absolute Gasteiger partial charge is 0.412 e. The van der Waals surface area contributed by atoms with Crippen LogP contribution in [-0.4, -0.2) is 25.7 Å². The number of nitrogens with one attached hydrogen (secondary N) is 2. The van der Waals surface area contributed by atoms with Gasteiger partial charge in [0.1, 0.15) is 5.75 Å². The molecule has 4 nitrogen and oxygen atoms in total. The molecule has 0 aliphatic carbocycles. The maximum atomic E-state index is 11.9. The normalized spacial score (nSPS) is 11.2. The second-order valence-electron chi connectivity index (χ2n) is 7.26. The Hall–Kier alpha value is -1.98. The Kier molecular flexibility index (Phi) is 8.69. The molecule has 2 aromatic rings. The lowest BCUT2D eigenvalue weighted by Gasteiger charge is -2.22. The van der Waals surface area contributed by atoms with Crippen LogP contribution < -0.4 is 15.4 Å². The zero-order valence-corrected chi connectivity index (χ0v) is 17.3. The van der Waals surface area contributed by atoms with Crippen molar-refractivity contribution in [3.63, 3.8) is 0 Å². The molecule has 5 heteroatoms. The second kappa shape index (κ2) is 11.0. The van der Waals surface area contributed by atoms with Crippen LogP contribution in [0.2, 0.25) is 0 Å². The number of thioether (sulfide) groups is 1. The first-order valence-electron chi connectivity index (χ1n) is 9.42. The van der Waals surface area contributed by atoms with Crippen molar-refractivity contribution in [3.05, 3.63) is 60.2 Å². The Balaban J connectivity index is 1.65. The van der Waals surface area contributed by atoms with Crippen molar-refractivity contribution in [2.45, 2.75) is 37.8 Å². The Morgan fingerprint density at radius 2 is 1.74 bits per heavy atom. The molecule has 0 aromatic heterocycles. The van der Waals surface area contributed by atoms with Gasteiger partial charge in [0.05, 0.1) is 0 Å². The van der Waals surface area contributed by atoms with E-state index in [0.29, 0.717) is 12.3 Å². The van der Waals surface area contributed by atoms with Crippen LogP contribution in [0.25, 0.3) is 0 Å².